The van der Waals surface area contributed by atoms with Gasteiger partial charge in [-0.2, -0.15) is 0 Å². The van der Waals surface area contributed by atoms with Crippen LogP contribution in [-0.4, -0.2) is 49.8 Å². The van der Waals surface area contributed by atoms with Gasteiger partial charge in [-0.1, -0.05) is 70.0 Å². The number of carbonyl (C=O) groups is 2. The summed E-state index contributed by atoms with van der Waals surface area (Å²) in [5, 5.41) is 2.94. The van der Waals surface area contributed by atoms with Gasteiger partial charge in [0.25, 0.3) is 10.0 Å². The first-order valence-electron chi connectivity index (χ1n) is 12.8. The molecule has 2 amide bonds. The second-order valence-corrected chi connectivity index (χ2v) is 13.3. The largest absolute Gasteiger partial charge is 0.350 e. The lowest BCUT2D eigenvalue weighted by Crippen LogP contribution is -2.55. The molecule has 0 radical (unpaired) electrons. The third-order valence-electron chi connectivity index (χ3n) is 6.13. The molecule has 0 saturated heterocycles. The zero-order chi connectivity index (χ0) is 28.8. The van der Waals surface area contributed by atoms with E-state index in [1.54, 1.807) is 43.3 Å². The Kier molecular flexibility index (Phi) is 9.96. The molecule has 3 aromatic rings. The number of nitrogens with zero attached hydrogens (tertiary/aromatic N) is 2. The highest BCUT2D eigenvalue weighted by atomic mass is 79.9. The molecular formula is C30H36BrN3O4S. The van der Waals surface area contributed by atoms with Gasteiger partial charge in [0, 0.05) is 16.6 Å². The molecule has 0 aliphatic heterocycles. The monoisotopic (exact) mass is 613 g/mol. The van der Waals surface area contributed by atoms with Crippen LogP contribution in [0.2, 0.25) is 0 Å². The summed E-state index contributed by atoms with van der Waals surface area (Å²) < 4.78 is 29.5. The number of aryl methyl sites for hydroxylation is 1. The van der Waals surface area contributed by atoms with Crippen molar-refractivity contribution in [3.8, 4) is 0 Å². The fourth-order valence-corrected chi connectivity index (χ4v) is 5.83. The Labute approximate surface area is 240 Å². The third kappa shape index (κ3) is 8.41. The van der Waals surface area contributed by atoms with E-state index in [2.05, 4.69) is 21.2 Å². The molecule has 0 aliphatic rings. The van der Waals surface area contributed by atoms with Gasteiger partial charge >= 0.3 is 0 Å². The number of hydrogen-bond donors (Lipinski definition) is 1. The molecule has 39 heavy (non-hydrogen) atoms. The molecule has 3 rings (SSSR count). The highest BCUT2D eigenvalue weighted by Crippen LogP contribution is 2.27. The van der Waals surface area contributed by atoms with Gasteiger partial charge in [0.05, 0.1) is 10.6 Å². The molecule has 9 heteroatoms. The molecule has 1 N–H and O–H groups in total. The Bertz CT molecular complexity index is 1390. The first kappa shape index (κ1) is 30.4. The Balaban J connectivity index is 1.99. The second kappa shape index (κ2) is 12.8. The van der Waals surface area contributed by atoms with Gasteiger partial charge in [-0.25, -0.2) is 8.42 Å². The number of nitrogens with one attached hydrogen (secondary N) is 1. The Morgan fingerprint density at radius 1 is 0.949 bits per heavy atom. The van der Waals surface area contributed by atoms with E-state index in [1.165, 1.54) is 17.0 Å². The lowest BCUT2D eigenvalue weighted by molar-refractivity contribution is -0.139. The SMILES string of the molecule is Cc1ccc(S(=O)(=O)N(CC(=O)N(CCc2ccccc2)[C@@H](C)C(=O)NC(C)(C)C)c2cccc(Br)c2)cc1. The standard InChI is InChI=1S/C30H36BrN3O4S/c1-22-14-16-27(17-15-22)39(37,38)34(26-13-9-12-25(31)20-26)21-28(35)33(19-18-24-10-7-6-8-11-24)23(2)29(36)32-30(3,4)5/h6-17,20,23H,18-19,21H2,1-5H3,(H,32,36)/t23-/m0/s1. The molecule has 1 atom stereocenters. The van der Waals surface area contributed by atoms with Crippen molar-refractivity contribution in [2.24, 2.45) is 0 Å². The number of rotatable bonds is 10. The second-order valence-electron chi connectivity index (χ2n) is 10.5. The van der Waals surface area contributed by atoms with Gasteiger partial charge in [0.2, 0.25) is 11.8 Å². The number of sulfonamides is 1. The maximum absolute atomic E-state index is 13.9. The average Bonchev–Trinajstić information content (AvgIpc) is 2.87. The Hall–Kier alpha value is -3.17. The average molecular weight is 615 g/mol. The predicted molar refractivity (Wildman–Crippen MR) is 159 cm³/mol. The molecule has 0 bridgehead atoms. The van der Waals surface area contributed by atoms with Gasteiger partial charge in [0.1, 0.15) is 12.6 Å². The highest BCUT2D eigenvalue weighted by molar-refractivity contribution is 9.10. The Morgan fingerprint density at radius 2 is 1.59 bits per heavy atom. The van der Waals surface area contributed by atoms with Crippen molar-refractivity contribution in [3.05, 3.63) is 94.5 Å². The number of amides is 2. The van der Waals surface area contributed by atoms with Crippen molar-refractivity contribution in [1.82, 2.24) is 10.2 Å². The summed E-state index contributed by atoms with van der Waals surface area (Å²) in [5.41, 5.74) is 1.78. The van der Waals surface area contributed by atoms with Crippen LogP contribution in [0.3, 0.4) is 0 Å². The maximum Gasteiger partial charge on any atom is 0.264 e. The van der Waals surface area contributed by atoms with Gasteiger partial charge in [-0.3, -0.25) is 13.9 Å². The topological polar surface area (TPSA) is 86.8 Å². The van der Waals surface area contributed by atoms with Crippen LogP contribution in [0.15, 0.2) is 88.2 Å². The van der Waals surface area contributed by atoms with E-state index >= 15 is 0 Å². The summed E-state index contributed by atoms with van der Waals surface area (Å²) in [5.74, 6) is -0.780. The third-order valence-corrected chi connectivity index (χ3v) is 8.42. The van der Waals surface area contributed by atoms with Gasteiger partial charge in [-0.15, -0.1) is 0 Å². The molecule has 0 saturated carbocycles. The van der Waals surface area contributed by atoms with Gasteiger partial charge in [0.15, 0.2) is 0 Å². The van der Waals surface area contributed by atoms with Crippen molar-refractivity contribution in [3.63, 3.8) is 0 Å². The fourth-order valence-electron chi connectivity index (χ4n) is 4.04. The molecular weight excluding hydrogens is 578 g/mol. The first-order valence-corrected chi connectivity index (χ1v) is 15.0. The molecule has 0 heterocycles. The molecule has 0 spiro atoms. The summed E-state index contributed by atoms with van der Waals surface area (Å²) in [7, 11) is -4.09. The van der Waals surface area contributed by atoms with E-state index in [4.69, 9.17) is 0 Å². The first-order chi connectivity index (χ1) is 18.3. The minimum atomic E-state index is -4.09. The molecule has 0 unspecified atom stereocenters. The zero-order valence-corrected chi connectivity index (χ0v) is 25.4. The van der Waals surface area contributed by atoms with Crippen LogP contribution in [0.5, 0.6) is 0 Å². The smallest absolute Gasteiger partial charge is 0.264 e. The number of hydrogen-bond acceptors (Lipinski definition) is 4. The van der Waals surface area contributed by atoms with Crippen LogP contribution in [0, 0.1) is 6.92 Å². The summed E-state index contributed by atoms with van der Waals surface area (Å²) in [4.78, 5) is 28.6. The number of halogens is 1. The zero-order valence-electron chi connectivity index (χ0n) is 23.0. The maximum atomic E-state index is 13.9. The number of anilines is 1. The molecule has 0 aliphatic carbocycles. The number of benzene rings is 3. The van der Waals surface area contributed by atoms with E-state index < -0.39 is 34.1 Å². The van der Waals surface area contributed by atoms with E-state index in [1.807, 2.05) is 58.0 Å². The highest BCUT2D eigenvalue weighted by Gasteiger charge is 2.33. The van der Waals surface area contributed by atoms with Crippen molar-refractivity contribution < 1.29 is 18.0 Å². The van der Waals surface area contributed by atoms with E-state index in [-0.39, 0.29) is 17.3 Å². The summed E-state index contributed by atoms with van der Waals surface area (Å²) in [6.07, 6.45) is 0.515. The van der Waals surface area contributed by atoms with Crippen LogP contribution in [0.1, 0.15) is 38.8 Å². The lowest BCUT2D eigenvalue weighted by Gasteiger charge is -2.33. The van der Waals surface area contributed by atoms with E-state index in [0.29, 0.717) is 16.6 Å². The Morgan fingerprint density at radius 3 is 2.18 bits per heavy atom. The van der Waals surface area contributed by atoms with Crippen molar-refractivity contribution in [2.75, 3.05) is 17.4 Å². The molecule has 0 fully saturated rings. The van der Waals surface area contributed by atoms with Gasteiger partial charge in [-0.05, 0) is 76.9 Å². The molecule has 208 valence electrons. The minimum absolute atomic E-state index is 0.0789. The van der Waals surface area contributed by atoms with Crippen molar-refractivity contribution >= 4 is 43.5 Å². The number of carbonyl (C=O) groups excluding carboxylic acids is 2. The summed E-state index contributed by atoms with van der Waals surface area (Å²) >= 11 is 3.41. The van der Waals surface area contributed by atoms with Crippen LogP contribution >= 0.6 is 15.9 Å². The summed E-state index contributed by atoms with van der Waals surface area (Å²) in [6, 6.07) is 22.2. The molecule has 7 nitrogen and oxygen atoms in total. The predicted octanol–water partition coefficient (Wildman–Crippen LogP) is 5.33. The van der Waals surface area contributed by atoms with Crippen LogP contribution in [-0.2, 0) is 26.0 Å². The lowest BCUT2D eigenvalue weighted by atomic mass is 10.1. The minimum Gasteiger partial charge on any atom is -0.350 e. The van der Waals surface area contributed by atoms with E-state index in [9.17, 15) is 18.0 Å². The van der Waals surface area contributed by atoms with Crippen molar-refractivity contribution in [2.45, 2.75) is 57.5 Å². The van der Waals surface area contributed by atoms with Gasteiger partial charge < -0.3 is 10.2 Å². The van der Waals surface area contributed by atoms with Crippen LogP contribution in [0.25, 0.3) is 0 Å². The van der Waals surface area contributed by atoms with Crippen molar-refractivity contribution in [1.29, 1.82) is 0 Å². The fraction of sp³-hybridized carbons (Fsp3) is 0.333. The summed E-state index contributed by atoms with van der Waals surface area (Å²) in [6.45, 7) is 8.94. The van der Waals surface area contributed by atoms with Crippen LogP contribution in [0.4, 0.5) is 5.69 Å². The van der Waals surface area contributed by atoms with E-state index in [0.717, 1.165) is 15.4 Å². The molecule has 3 aromatic carbocycles. The quantitative estimate of drug-likeness (QED) is 0.335. The van der Waals surface area contributed by atoms with Crippen LogP contribution < -0.4 is 9.62 Å². The molecule has 0 aromatic heterocycles. The normalized spacial score (nSPS) is 12.5.